The minimum atomic E-state index is 0.182. The van der Waals surface area contributed by atoms with Gasteiger partial charge in [0.05, 0.1) is 6.21 Å². The van der Waals surface area contributed by atoms with Crippen LogP contribution in [0.1, 0.15) is 0 Å². The average Bonchev–Trinajstić information content (AvgIpc) is 2.33. The van der Waals surface area contributed by atoms with Gasteiger partial charge < -0.3 is 5.32 Å². The van der Waals surface area contributed by atoms with E-state index in [1.54, 1.807) is 0 Å². The third kappa shape index (κ3) is 0.844. The first-order valence-corrected chi connectivity index (χ1v) is 3.77. The van der Waals surface area contributed by atoms with E-state index in [0.29, 0.717) is 0 Å². The first-order chi connectivity index (χ1) is 4.86. The van der Waals surface area contributed by atoms with Crippen molar-refractivity contribution in [2.75, 3.05) is 0 Å². The highest BCUT2D eigenvalue weighted by molar-refractivity contribution is 9.11. The molecule has 2 N–H and O–H groups in total. The van der Waals surface area contributed by atoms with Crippen LogP contribution in [-0.4, -0.2) is 12.4 Å². The van der Waals surface area contributed by atoms with Gasteiger partial charge in [-0.15, -0.1) is 0 Å². The van der Waals surface area contributed by atoms with Gasteiger partial charge in [0.25, 0.3) is 0 Å². The summed E-state index contributed by atoms with van der Waals surface area (Å²) >= 11 is 3.36. The second-order valence-electron chi connectivity index (χ2n) is 2.16. The number of allylic oxidation sites excluding steroid dienone is 2. The Hall–Kier alpha value is -0.770. The van der Waals surface area contributed by atoms with Crippen molar-refractivity contribution in [2.45, 2.75) is 6.17 Å². The van der Waals surface area contributed by atoms with Gasteiger partial charge in [-0.25, -0.2) is 0 Å². The van der Waals surface area contributed by atoms with Gasteiger partial charge in [0, 0.05) is 16.3 Å². The lowest BCUT2D eigenvalue weighted by Gasteiger charge is -2.15. The second-order valence-corrected chi connectivity index (χ2v) is 3.08. The Morgan fingerprint density at radius 2 is 2.50 bits per heavy atom. The van der Waals surface area contributed by atoms with E-state index in [4.69, 9.17) is 0 Å². The maximum absolute atomic E-state index is 3.90. The first kappa shape index (κ1) is 5.97. The molecule has 0 aromatic heterocycles. The van der Waals surface area contributed by atoms with Crippen molar-refractivity contribution in [2.24, 2.45) is 5.10 Å². The Morgan fingerprint density at radius 3 is 3.40 bits per heavy atom. The maximum atomic E-state index is 3.90. The zero-order chi connectivity index (χ0) is 6.97. The number of nitrogens with one attached hydrogen (secondary N) is 2. The van der Waals surface area contributed by atoms with Crippen LogP contribution >= 0.6 is 15.9 Å². The van der Waals surface area contributed by atoms with Gasteiger partial charge in [-0.05, 0) is 22.0 Å². The SMILES string of the molecule is BrC1=CNC2NN=CC2=C1. The fourth-order valence-electron chi connectivity index (χ4n) is 0.953. The Balaban J connectivity index is 2.31. The minimum Gasteiger partial charge on any atom is -0.366 e. The third-order valence-electron chi connectivity index (χ3n) is 1.44. The lowest BCUT2D eigenvalue weighted by Crippen LogP contribution is -2.36. The van der Waals surface area contributed by atoms with E-state index in [1.165, 1.54) is 0 Å². The van der Waals surface area contributed by atoms with Gasteiger partial charge in [-0.1, -0.05) is 0 Å². The molecule has 1 atom stereocenters. The zero-order valence-corrected chi connectivity index (χ0v) is 6.72. The van der Waals surface area contributed by atoms with E-state index in [0.717, 1.165) is 10.1 Å². The number of dihydropyridines is 1. The quantitative estimate of drug-likeness (QED) is 0.602. The van der Waals surface area contributed by atoms with E-state index in [-0.39, 0.29) is 6.17 Å². The van der Waals surface area contributed by atoms with E-state index in [1.807, 2.05) is 18.5 Å². The van der Waals surface area contributed by atoms with Gasteiger partial charge in [0.15, 0.2) is 0 Å². The summed E-state index contributed by atoms with van der Waals surface area (Å²) in [6.45, 7) is 0. The van der Waals surface area contributed by atoms with Crippen molar-refractivity contribution in [3.63, 3.8) is 0 Å². The lowest BCUT2D eigenvalue weighted by molar-refractivity contribution is 0.582. The van der Waals surface area contributed by atoms with Crippen LogP contribution < -0.4 is 10.7 Å². The molecule has 0 fully saturated rings. The van der Waals surface area contributed by atoms with Crippen LogP contribution in [0.15, 0.2) is 27.4 Å². The highest BCUT2D eigenvalue weighted by Gasteiger charge is 2.17. The number of hydrazone groups is 1. The molecule has 52 valence electrons. The van der Waals surface area contributed by atoms with E-state index >= 15 is 0 Å². The highest BCUT2D eigenvalue weighted by Crippen LogP contribution is 2.16. The summed E-state index contributed by atoms with van der Waals surface area (Å²) in [6, 6.07) is 0. The van der Waals surface area contributed by atoms with Crippen molar-refractivity contribution >= 4 is 22.1 Å². The molecule has 0 bridgehead atoms. The molecule has 0 amide bonds. The van der Waals surface area contributed by atoms with Gasteiger partial charge in [-0.3, -0.25) is 5.43 Å². The summed E-state index contributed by atoms with van der Waals surface area (Å²) in [5.74, 6) is 0. The third-order valence-corrected chi connectivity index (χ3v) is 1.90. The molecule has 2 heterocycles. The summed E-state index contributed by atoms with van der Waals surface area (Å²) in [5, 5.41) is 7.02. The van der Waals surface area contributed by atoms with Gasteiger partial charge in [-0.2, -0.15) is 5.10 Å². The molecular weight excluding hydrogens is 194 g/mol. The first-order valence-electron chi connectivity index (χ1n) is 2.98. The molecule has 0 radical (unpaired) electrons. The number of hydrogen-bond donors (Lipinski definition) is 2. The molecule has 2 rings (SSSR count). The molecule has 2 aliphatic heterocycles. The molecule has 2 aliphatic rings. The summed E-state index contributed by atoms with van der Waals surface area (Å²) in [5.41, 5.74) is 4.07. The van der Waals surface area contributed by atoms with Crippen molar-refractivity contribution in [1.82, 2.24) is 10.7 Å². The predicted molar refractivity (Wildman–Crippen MR) is 43.6 cm³/mol. The minimum absolute atomic E-state index is 0.182. The van der Waals surface area contributed by atoms with Crippen molar-refractivity contribution < 1.29 is 0 Å². The monoisotopic (exact) mass is 199 g/mol. The molecule has 0 saturated heterocycles. The van der Waals surface area contributed by atoms with Crippen molar-refractivity contribution in [3.05, 3.63) is 22.3 Å². The van der Waals surface area contributed by atoms with Crippen molar-refractivity contribution in [1.29, 1.82) is 0 Å². The number of fused-ring (bicyclic) bond motifs is 1. The van der Waals surface area contributed by atoms with Crippen LogP contribution in [0.5, 0.6) is 0 Å². The Bertz CT molecular complexity index is 241. The fraction of sp³-hybridized carbons (Fsp3) is 0.167. The Kier molecular flexibility index (Phi) is 1.27. The van der Waals surface area contributed by atoms with Crippen LogP contribution in [-0.2, 0) is 0 Å². The standard InChI is InChI=1S/C6H6BrN3/c7-5-1-4-2-9-10-6(4)8-3-5/h1-3,6,8,10H. The van der Waals surface area contributed by atoms with Gasteiger partial charge in [0.2, 0.25) is 0 Å². The van der Waals surface area contributed by atoms with Crippen LogP contribution in [0, 0.1) is 0 Å². The summed E-state index contributed by atoms with van der Waals surface area (Å²) < 4.78 is 1.05. The zero-order valence-electron chi connectivity index (χ0n) is 5.13. The lowest BCUT2D eigenvalue weighted by atomic mass is 10.2. The van der Waals surface area contributed by atoms with Crippen molar-refractivity contribution in [3.8, 4) is 0 Å². The normalized spacial score (nSPS) is 27.9. The molecule has 1 unspecified atom stereocenters. The molecule has 10 heavy (non-hydrogen) atoms. The Morgan fingerprint density at radius 1 is 1.60 bits per heavy atom. The molecule has 0 saturated carbocycles. The van der Waals surface area contributed by atoms with E-state index in [2.05, 4.69) is 31.8 Å². The van der Waals surface area contributed by atoms with Gasteiger partial charge >= 0.3 is 0 Å². The summed E-state index contributed by atoms with van der Waals surface area (Å²) in [6.07, 6.45) is 5.92. The molecule has 4 heteroatoms. The fourth-order valence-corrected chi connectivity index (χ4v) is 1.35. The predicted octanol–water partition coefficient (Wildman–Crippen LogP) is 0.667. The molecule has 0 spiro atoms. The number of rotatable bonds is 0. The summed E-state index contributed by atoms with van der Waals surface area (Å²) in [4.78, 5) is 0. The van der Waals surface area contributed by atoms with E-state index in [9.17, 15) is 0 Å². The smallest absolute Gasteiger partial charge is 0.140 e. The molecule has 0 aromatic carbocycles. The summed E-state index contributed by atoms with van der Waals surface area (Å²) in [7, 11) is 0. The maximum Gasteiger partial charge on any atom is 0.140 e. The van der Waals surface area contributed by atoms with E-state index < -0.39 is 0 Å². The largest absolute Gasteiger partial charge is 0.366 e. The van der Waals surface area contributed by atoms with Gasteiger partial charge in [0.1, 0.15) is 6.17 Å². The topological polar surface area (TPSA) is 36.4 Å². The molecule has 3 nitrogen and oxygen atoms in total. The second kappa shape index (κ2) is 2.12. The highest BCUT2D eigenvalue weighted by atomic mass is 79.9. The average molecular weight is 200 g/mol. The molecule has 0 aromatic rings. The van der Waals surface area contributed by atoms with Crippen LogP contribution in [0.2, 0.25) is 0 Å². The molecule has 0 aliphatic carbocycles. The van der Waals surface area contributed by atoms with Crippen LogP contribution in [0.25, 0.3) is 0 Å². The Labute approximate surface area is 67.0 Å². The number of nitrogens with zero attached hydrogens (tertiary/aromatic N) is 1. The van der Waals surface area contributed by atoms with Crippen LogP contribution in [0.4, 0.5) is 0 Å². The van der Waals surface area contributed by atoms with Crippen LogP contribution in [0.3, 0.4) is 0 Å². The number of halogens is 1. The molecular formula is C6H6BrN3. The number of hydrogen-bond acceptors (Lipinski definition) is 3.